The van der Waals surface area contributed by atoms with Crippen molar-refractivity contribution in [3.8, 4) is 11.5 Å². The van der Waals surface area contributed by atoms with E-state index in [0.717, 1.165) is 0 Å². The summed E-state index contributed by atoms with van der Waals surface area (Å²) in [5.74, 6) is -1.32. The van der Waals surface area contributed by atoms with Gasteiger partial charge in [0.25, 0.3) is 5.78 Å². The van der Waals surface area contributed by atoms with Crippen LogP contribution >= 0.6 is 11.6 Å². The zero-order chi connectivity index (χ0) is 14.6. The van der Waals surface area contributed by atoms with Gasteiger partial charge in [0.05, 0.1) is 19.3 Å². The number of ketones is 1. The third-order valence-electron chi connectivity index (χ3n) is 2.20. The third kappa shape index (κ3) is 3.89. The minimum atomic E-state index is -4.95. The lowest BCUT2D eigenvalue weighted by atomic mass is 10.1. The Morgan fingerprint density at radius 3 is 2.26 bits per heavy atom. The fourth-order valence-electron chi connectivity index (χ4n) is 1.27. The first-order chi connectivity index (χ1) is 8.79. The van der Waals surface area contributed by atoms with Crippen LogP contribution in [0, 0.1) is 0 Å². The Hall–Kier alpha value is -1.69. The summed E-state index contributed by atoms with van der Waals surface area (Å²) < 4.78 is 46.2. The Morgan fingerprint density at radius 1 is 1.21 bits per heavy atom. The van der Waals surface area contributed by atoms with Crippen molar-refractivity contribution in [2.75, 3.05) is 14.2 Å². The minimum Gasteiger partial charge on any atom is -0.493 e. The van der Waals surface area contributed by atoms with Crippen molar-refractivity contribution in [2.24, 2.45) is 0 Å². The maximum atomic E-state index is 12.1. The first kappa shape index (κ1) is 15.4. The van der Waals surface area contributed by atoms with Gasteiger partial charge >= 0.3 is 6.18 Å². The fraction of sp³-hybridized carbons (Fsp3) is 0.250. The third-order valence-corrected chi connectivity index (χ3v) is 2.52. The van der Waals surface area contributed by atoms with Gasteiger partial charge in [-0.3, -0.25) is 4.79 Å². The Morgan fingerprint density at radius 2 is 1.79 bits per heavy atom. The number of hydrogen-bond donors (Lipinski definition) is 0. The van der Waals surface area contributed by atoms with Gasteiger partial charge in [0.2, 0.25) is 0 Å². The number of carbonyl (C=O) groups excluding carboxylic acids is 1. The fourth-order valence-corrected chi connectivity index (χ4v) is 1.48. The first-order valence-electron chi connectivity index (χ1n) is 5.00. The Kier molecular flexibility index (Phi) is 4.83. The van der Waals surface area contributed by atoms with Crippen molar-refractivity contribution >= 4 is 22.4 Å². The van der Waals surface area contributed by atoms with Crippen LogP contribution in [0.3, 0.4) is 0 Å². The molecule has 0 radical (unpaired) electrons. The second-order valence-electron chi connectivity index (χ2n) is 3.42. The van der Waals surface area contributed by atoms with Gasteiger partial charge in [-0.1, -0.05) is 11.6 Å². The highest BCUT2D eigenvalue weighted by atomic mass is 35.5. The second-order valence-corrected chi connectivity index (χ2v) is 3.83. The summed E-state index contributed by atoms with van der Waals surface area (Å²) in [5.41, 5.74) is 0.219. The van der Waals surface area contributed by atoms with Crippen LogP contribution in [0.1, 0.15) is 5.56 Å². The molecular formula is C12H10ClF3O3. The summed E-state index contributed by atoms with van der Waals surface area (Å²) in [6, 6.07) is 4.27. The summed E-state index contributed by atoms with van der Waals surface area (Å²) in [5, 5.41) is -0.330. The van der Waals surface area contributed by atoms with Crippen LogP contribution in [0.4, 0.5) is 13.2 Å². The lowest BCUT2D eigenvalue weighted by Gasteiger charge is -2.09. The summed E-state index contributed by atoms with van der Waals surface area (Å²) in [6.45, 7) is 0. The summed E-state index contributed by atoms with van der Waals surface area (Å²) >= 11 is 5.68. The van der Waals surface area contributed by atoms with E-state index >= 15 is 0 Å². The highest BCUT2D eigenvalue weighted by Crippen LogP contribution is 2.32. The van der Waals surface area contributed by atoms with Crippen molar-refractivity contribution in [3.05, 3.63) is 29.8 Å². The van der Waals surface area contributed by atoms with Crippen molar-refractivity contribution in [3.63, 3.8) is 0 Å². The average molecular weight is 295 g/mol. The monoisotopic (exact) mass is 294 g/mol. The van der Waals surface area contributed by atoms with Gasteiger partial charge in [0, 0.05) is 6.08 Å². The summed E-state index contributed by atoms with van der Waals surface area (Å²) in [7, 11) is 2.79. The normalized spacial score (nSPS) is 12.2. The van der Waals surface area contributed by atoms with Gasteiger partial charge in [-0.05, 0) is 23.8 Å². The Balaban J connectivity index is 3.10. The molecule has 0 aliphatic rings. The van der Waals surface area contributed by atoms with E-state index in [1.54, 1.807) is 0 Å². The minimum absolute atomic E-state index is 0.219. The molecule has 0 amide bonds. The molecule has 0 saturated heterocycles. The number of ether oxygens (including phenoxy) is 2. The number of rotatable bonds is 4. The molecule has 0 N–H and O–H groups in total. The molecule has 0 aliphatic heterocycles. The van der Waals surface area contributed by atoms with E-state index < -0.39 is 12.0 Å². The van der Waals surface area contributed by atoms with E-state index in [-0.39, 0.29) is 10.6 Å². The topological polar surface area (TPSA) is 35.5 Å². The maximum Gasteiger partial charge on any atom is 0.454 e. The number of carbonyl (C=O) groups is 1. The zero-order valence-corrected chi connectivity index (χ0v) is 10.8. The molecule has 0 atom stereocenters. The van der Waals surface area contributed by atoms with Crippen LogP contribution in [-0.4, -0.2) is 26.2 Å². The average Bonchev–Trinajstić information content (AvgIpc) is 2.36. The molecule has 104 valence electrons. The number of alkyl halides is 3. The quantitative estimate of drug-likeness (QED) is 0.798. The lowest BCUT2D eigenvalue weighted by molar-refractivity contribution is -0.165. The van der Waals surface area contributed by atoms with E-state index in [2.05, 4.69) is 0 Å². The molecule has 1 aromatic carbocycles. The van der Waals surface area contributed by atoms with Gasteiger partial charge in [0.1, 0.15) is 0 Å². The van der Waals surface area contributed by atoms with Gasteiger partial charge in [-0.15, -0.1) is 0 Å². The van der Waals surface area contributed by atoms with Crippen LogP contribution in [0.25, 0.3) is 5.03 Å². The van der Waals surface area contributed by atoms with Crippen LogP contribution in [-0.2, 0) is 4.79 Å². The molecule has 0 spiro atoms. The van der Waals surface area contributed by atoms with Crippen molar-refractivity contribution in [2.45, 2.75) is 6.18 Å². The lowest BCUT2D eigenvalue weighted by Crippen LogP contribution is -2.20. The summed E-state index contributed by atoms with van der Waals surface area (Å²) in [4.78, 5) is 10.8. The van der Waals surface area contributed by atoms with Gasteiger partial charge in [-0.25, -0.2) is 0 Å². The van der Waals surface area contributed by atoms with Gasteiger partial charge < -0.3 is 9.47 Å². The van der Waals surface area contributed by atoms with E-state index in [4.69, 9.17) is 21.1 Å². The molecule has 3 nitrogen and oxygen atoms in total. The predicted molar refractivity (Wildman–Crippen MR) is 64.4 cm³/mol. The molecule has 0 bridgehead atoms. The number of hydrogen-bond acceptors (Lipinski definition) is 3. The summed E-state index contributed by atoms with van der Waals surface area (Å²) in [6.07, 6.45) is -4.63. The predicted octanol–water partition coefficient (Wildman–Crippen LogP) is 3.41. The molecule has 0 fully saturated rings. The number of allylic oxidation sites excluding steroid dienone is 1. The second kappa shape index (κ2) is 5.97. The van der Waals surface area contributed by atoms with Crippen LogP contribution in [0.2, 0.25) is 0 Å². The zero-order valence-electron chi connectivity index (χ0n) is 10.0. The van der Waals surface area contributed by atoms with E-state index in [1.165, 1.54) is 32.4 Å². The number of halogens is 4. The van der Waals surface area contributed by atoms with Crippen molar-refractivity contribution in [1.82, 2.24) is 0 Å². The van der Waals surface area contributed by atoms with E-state index in [0.29, 0.717) is 17.6 Å². The van der Waals surface area contributed by atoms with E-state index in [9.17, 15) is 18.0 Å². The molecule has 1 rings (SSSR count). The Labute approximate surface area is 112 Å². The highest BCUT2D eigenvalue weighted by molar-refractivity contribution is 6.50. The molecule has 0 aromatic heterocycles. The van der Waals surface area contributed by atoms with Gasteiger partial charge in [-0.2, -0.15) is 13.2 Å². The molecular weight excluding hydrogens is 285 g/mol. The van der Waals surface area contributed by atoms with E-state index in [1.807, 2.05) is 0 Å². The highest BCUT2D eigenvalue weighted by Gasteiger charge is 2.36. The van der Waals surface area contributed by atoms with Crippen LogP contribution < -0.4 is 9.47 Å². The first-order valence-corrected chi connectivity index (χ1v) is 5.38. The van der Waals surface area contributed by atoms with Gasteiger partial charge in [0.15, 0.2) is 11.5 Å². The molecule has 0 unspecified atom stereocenters. The molecule has 0 heterocycles. The molecule has 19 heavy (non-hydrogen) atoms. The maximum absolute atomic E-state index is 12.1. The molecule has 0 saturated carbocycles. The Bertz CT molecular complexity index is 509. The van der Waals surface area contributed by atoms with Crippen LogP contribution in [0.15, 0.2) is 24.3 Å². The number of methoxy groups -OCH3 is 2. The van der Waals surface area contributed by atoms with Crippen molar-refractivity contribution < 1.29 is 27.4 Å². The smallest absolute Gasteiger partial charge is 0.454 e. The van der Waals surface area contributed by atoms with Crippen molar-refractivity contribution in [1.29, 1.82) is 0 Å². The molecule has 0 aliphatic carbocycles. The number of benzene rings is 1. The molecule has 7 heteroatoms. The van der Waals surface area contributed by atoms with Crippen LogP contribution in [0.5, 0.6) is 11.5 Å². The largest absolute Gasteiger partial charge is 0.493 e. The standard InChI is InChI=1S/C12H10ClF3O3/c1-18-9-4-3-7(5-10(9)19-2)8(13)6-11(17)12(14,15)16/h3-6H,1-2H3. The molecule has 1 aromatic rings. The SMILES string of the molecule is COc1ccc(C(Cl)=CC(=O)C(F)(F)F)cc1OC.